The molecule has 1 amide bonds. The smallest absolute Gasteiger partial charge is 0.266 e. The molecule has 0 atom stereocenters. The van der Waals surface area contributed by atoms with Crippen molar-refractivity contribution in [2.24, 2.45) is 0 Å². The molecule has 5 nitrogen and oxygen atoms in total. The molecule has 3 aromatic rings. The van der Waals surface area contributed by atoms with Crippen LogP contribution in [0.4, 0.5) is 5.69 Å². The van der Waals surface area contributed by atoms with Gasteiger partial charge in [-0.3, -0.25) is 4.79 Å². The van der Waals surface area contributed by atoms with Gasteiger partial charge in [0.1, 0.15) is 18.2 Å². The lowest BCUT2D eigenvalue weighted by molar-refractivity contribution is -0.112. The second kappa shape index (κ2) is 11.7. The Kier molecular flexibility index (Phi) is 8.75. The van der Waals surface area contributed by atoms with Crippen LogP contribution in [-0.4, -0.2) is 12.5 Å². The van der Waals surface area contributed by atoms with Crippen LogP contribution in [-0.2, 0) is 11.4 Å². The molecule has 0 saturated heterocycles. The van der Waals surface area contributed by atoms with Crippen molar-refractivity contribution in [1.29, 1.82) is 5.26 Å². The number of amides is 1. The first kappa shape index (κ1) is 25.4. The standard InChI is InChI=1S/C27H24BrClN2O3/c1-4-33-25-13-20(23(28)14-26(25)34-16-19-7-5-6-8-24(19)29)12-21(15-30)27(32)31-22-10-17(2)9-18(3)11-22/h5-14H,4,16H2,1-3H3,(H,31,32)/b21-12+. The Morgan fingerprint density at radius 1 is 1.09 bits per heavy atom. The van der Waals surface area contributed by atoms with Gasteiger partial charge in [0.15, 0.2) is 11.5 Å². The SMILES string of the molecule is CCOc1cc(/C=C(\C#N)C(=O)Nc2cc(C)cc(C)c2)c(Br)cc1OCc1ccccc1Cl. The number of nitriles is 1. The van der Waals surface area contributed by atoms with Crippen LogP contribution in [0.5, 0.6) is 11.5 Å². The molecule has 0 radical (unpaired) electrons. The van der Waals surface area contributed by atoms with E-state index >= 15 is 0 Å². The van der Waals surface area contributed by atoms with E-state index in [9.17, 15) is 10.1 Å². The highest BCUT2D eigenvalue weighted by atomic mass is 79.9. The highest BCUT2D eigenvalue weighted by molar-refractivity contribution is 9.10. The van der Waals surface area contributed by atoms with E-state index in [4.69, 9.17) is 21.1 Å². The number of ether oxygens (including phenoxy) is 2. The first-order valence-electron chi connectivity index (χ1n) is 10.6. The number of aryl methyl sites for hydroxylation is 2. The Morgan fingerprint density at radius 2 is 1.76 bits per heavy atom. The maximum Gasteiger partial charge on any atom is 0.266 e. The number of hydrogen-bond donors (Lipinski definition) is 1. The largest absolute Gasteiger partial charge is 0.490 e. The van der Waals surface area contributed by atoms with Crippen molar-refractivity contribution < 1.29 is 14.3 Å². The van der Waals surface area contributed by atoms with E-state index in [1.807, 2.05) is 63.2 Å². The number of benzene rings is 3. The number of anilines is 1. The highest BCUT2D eigenvalue weighted by Gasteiger charge is 2.15. The van der Waals surface area contributed by atoms with Crippen LogP contribution in [0.2, 0.25) is 5.02 Å². The topological polar surface area (TPSA) is 71.3 Å². The molecule has 0 heterocycles. The predicted molar refractivity (Wildman–Crippen MR) is 139 cm³/mol. The quantitative estimate of drug-likeness (QED) is 0.242. The third kappa shape index (κ3) is 6.63. The number of carbonyl (C=O) groups is 1. The van der Waals surface area contributed by atoms with E-state index in [2.05, 4.69) is 21.2 Å². The van der Waals surface area contributed by atoms with Gasteiger partial charge in [0.2, 0.25) is 0 Å². The summed E-state index contributed by atoms with van der Waals surface area (Å²) in [6.07, 6.45) is 1.52. The van der Waals surface area contributed by atoms with Gasteiger partial charge in [0, 0.05) is 20.7 Å². The van der Waals surface area contributed by atoms with Crippen LogP contribution < -0.4 is 14.8 Å². The molecular weight excluding hydrogens is 516 g/mol. The molecular formula is C27H24BrClN2O3. The van der Waals surface area contributed by atoms with Gasteiger partial charge in [-0.1, -0.05) is 51.8 Å². The summed E-state index contributed by atoms with van der Waals surface area (Å²) in [5.41, 5.74) is 4.11. The second-order valence-electron chi connectivity index (χ2n) is 7.63. The molecule has 0 aliphatic rings. The number of carbonyl (C=O) groups excluding carboxylic acids is 1. The van der Waals surface area contributed by atoms with Crippen molar-refractivity contribution in [1.82, 2.24) is 0 Å². The van der Waals surface area contributed by atoms with Gasteiger partial charge in [0.25, 0.3) is 5.91 Å². The van der Waals surface area contributed by atoms with Gasteiger partial charge in [-0.05, 0) is 73.9 Å². The van der Waals surface area contributed by atoms with E-state index in [0.29, 0.717) is 38.9 Å². The molecule has 0 aromatic heterocycles. The molecule has 0 aliphatic carbocycles. The number of rotatable bonds is 8. The summed E-state index contributed by atoms with van der Waals surface area (Å²) in [7, 11) is 0. The maximum atomic E-state index is 12.8. The lowest BCUT2D eigenvalue weighted by Gasteiger charge is -2.15. The number of hydrogen-bond acceptors (Lipinski definition) is 4. The minimum atomic E-state index is -0.489. The van der Waals surface area contributed by atoms with Gasteiger partial charge in [-0.25, -0.2) is 0 Å². The van der Waals surface area contributed by atoms with E-state index in [1.165, 1.54) is 6.08 Å². The van der Waals surface area contributed by atoms with Crippen LogP contribution in [0.1, 0.15) is 29.2 Å². The summed E-state index contributed by atoms with van der Waals surface area (Å²) in [6.45, 7) is 6.46. The van der Waals surface area contributed by atoms with Crippen LogP contribution in [0.25, 0.3) is 6.08 Å². The molecule has 3 aromatic carbocycles. The fourth-order valence-electron chi connectivity index (χ4n) is 3.36. The molecule has 0 aliphatic heterocycles. The second-order valence-corrected chi connectivity index (χ2v) is 8.90. The Hall–Kier alpha value is -3.27. The van der Waals surface area contributed by atoms with Gasteiger partial charge in [0.05, 0.1) is 6.61 Å². The summed E-state index contributed by atoms with van der Waals surface area (Å²) in [5, 5.41) is 13.1. The molecule has 0 spiro atoms. The fraction of sp³-hybridized carbons (Fsp3) is 0.185. The van der Waals surface area contributed by atoms with E-state index in [-0.39, 0.29) is 12.2 Å². The Balaban J connectivity index is 1.87. The third-order valence-electron chi connectivity index (χ3n) is 4.85. The number of halogens is 2. The molecule has 7 heteroatoms. The van der Waals surface area contributed by atoms with Gasteiger partial charge < -0.3 is 14.8 Å². The zero-order chi connectivity index (χ0) is 24.7. The first-order valence-corrected chi connectivity index (χ1v) is 11.8. The molecule has 0 unspecified atom stereocenters. The van der Waals surface area contributed by atoms with E-state index in [1.54, 1.807) is 18.2 Å². The van der Waals surface area contributed by atoms with Crippen LogP contribution in [0.15, 0.2) is 64.6 Å². The zero-order valence-electron chi connectivity index (χ0n) is 19.1. The van der Waals surface area contributed by atoms with Gasteiger partial charge in [-0.2, -0.15) is 5.26 Å². The zero-order valence-corrected chi connectivity index (χ0v) is 21.5. The van der Waals surface area contributed by atoms with Crippen molar-refractivity contribution in [3.63, 3.8) is 0 Å². The normalized spacial score (nSPS) is 11.0. The molecule has 174 valence electrons. The number of nitrogens with one attached hydrogen (secondary N) is 1. The lowest BCUT2D eigenvalue weighted by atomic mass is 10.1. The summed E-state index contributed by atoms with van der Waals surface area (Å²) in [6, 6.07) is 18.6. The predicted octanol–water partition coefficient (Wildman–Crippen LogP) is 7.24. The Morgan fingerprint density at radius 3 is 2.41 bits per heavy atom. The van der Waals surface area contributed by atoms with Crippen molar-refractivity contribution in [2.45, 2.75) is 27.4 Å². The first-order chi connectivity index (χ1) is 16.3. The third-order valence-corrected chi connectivity index (χ3v) is 5.90. The monoisotopic (exact) mass is 538 g/mol. The lowest BCUT2D eigenvalue weighted by Crippen LogP contribution is -2.13. The average Bonchev–Trinajstić information content (AvgIpc) is 2.78. The highest BCUT2D eigenvalue weighted by Crippen LogP contribution is 2.36. The average molecular weight is 540 g/mol. The maximum absolute atomic E-state index is 12.8. The Bertz CT molecular complexity index is 1260. The number of nitrogens with zero attached hydrogens (tertiary/aromatic N) is 1. The van der Waals surface area contributed by atoms with Gasteiger partial charge in [-0.15, -0.1) is 0 Å². The summed E-state index contributed by atoms with van der Waals surface area (Å²) in [5.74, 6) is 0.524. The molecule has 3 rings (SSSR count). The summed E-state index contributed by atoms with van der Waals surface area (Å²) < 4.78 is 12.4. The minimum Gasteiger partial charge on any atom is -0.490 e. The minimum absolute atomic E-state index is 0.0351. The van der Waals surface area contributed by atoms with E-state index < -0.39 is 5.91 Å². The van der Waals surface area contributed by atoms with Crippen LogP contribution in [0, 0.1) is 25.2 Å². The molecule has 1 N–H and O–H groups in total. The van der Waals surface area contributed by atoms with Crippen molar-refractivity contribution in [2.75, 3.05) is 11.9 Å². The van der Waals surface area contributed by atoms with Crippen molar-refractivity contribution in [3.8, 4) is 17.6 Å². The molecule has 34 heavy (non-hydrogen) atoms. The summed E-state index contributed by atoms with van der Waals surface area (Å²) >= 11 is 9.75. The molecule has 0 bridgehead atoms. The van der Waals surface area contributed by atoms with Crippen LogP contribution in [0.3, 0.4) is 0 Å². The Labute approximate surface area is 213 Å². The van der Waals surface area contributed by atoms with Crippen molar-refractivity contribution >= 4 is 45.2 Å². The van der Waals surface area contributed by atoms with Gasteiger partial charge >= 0.3 is 0 Å². The fourth-order valence-corrected chi connectivity index (χ4v) is 3.99. The summed E-state index contributed by atoms with van der Waals surface area (Å²) in [4.78, 5) is 12.8. The van der Waals surface area contributed by atoms with Crippen molar-refractivity contribution in [3.05, 3.63) is 91.9 Å². The molecule has 0 fully saturated rings. The van der Waals surface area contributed by atoms with E-state index in [0.717, 1.165) is 16.7 Å². The van der Waals surface area contributed by atoms with Crippen LogP contribution >= 0.6 is 27.5 Å². The molecule has 0 saturated carbocycles.